The van der Waals surface area contributed by atoms with Crippen LogP contribution in [-0.4, -0.2) is 23.5 Å². The van der Waals surface area contributed by atoms with Crippen LogP contribution in [0.1, 0.15) is 23.2 Å². The van der Waals surface area contributed by atoms with Gasteiger partial charge in [-0.1, -0.05) is 17.7 Å². The SMILES string of the molecule is O=C(c1ccc(Cl)cc1)C1CCN(n2ccc3c[c]ccc32)CC1. The molecule has 3 aromatic rings. The first-order valence-electron chi connectivity index (χ1n) is 8.24. The normalized spacial score (nSPS) is 15.8. The lowest BCUT2D eigenvalue weighted by molar-refractivity contribution is 0.0896. The average Bonchev–Trinajstić information content (AvgIpc) is 3.06. The van der Waals surface area contributed by atoms with Gasteiger partial charge in [-0.2, -0.15) is 0 Å². The number of Topliss-reactive ketones (excluding diaryl/α,β-unsaturated/α-hetero) is 1. The molecule has 0 unspecified atom stereocenters. The molecule has 1 fully saturated rings. The Kier molecular flexibility index (Phi) is 4.03. The van der Waals surface area contributed by atoms with Crippen molar-refractivity contribution in [2.45, 2.75) is 12.8 Å². The van der Waals surface area contributed by atoms with Crippen LogP contribution in [0, 0.1) is 12.0 Å². The fourth-order valence-electron chi connectivity index (χ4n) is 3.45. The average molecular weight is 338 g/mol. The van der Waals surface area contributed by atoms with Crippen molar-refractivity contribution in [1.82, 2.24) is 4.68 Å². The van der Waals surface area contributed by atoms with Gasteiger partial charge in [-0.3, -0.25) is 9.47 Å². The molecule has 3 nitrogen and oxygen atoms in total. The molecule has 0 bridgehead atoms. The Hall–Kier alpha value is -2.26. The van der Waals surface area contributed by atoms with Gasteiger partial charge >= 0.3 is 0 Å². The van der Waals surface area contributed by atoms with E-state index in [9.17, 15) is 4.79 Å². The summed E-state index contributed by atoms with van der Waals surface area (Å²) in [6, 6.07) is 18.5. The summed E-state index contributed by atoms with van der Waals surface area (Å²) in [5.74, 6) is 0.330. The van der Waals surface area contributed by atoms with Crippen LogP contribution >= 0.6 is 11.6 Å². The Labute approximate surface area is 146 Å². The molecule has 4 heteroatoms. The van der Waals surface area contributed by atoms with E-state index in [0.717, 1.165) is 31.5 Å². The number of benzene rings is 2. The zero-order chi connectivity index (χ0) is 16.5. The summed E-state index contributed by atoms with van der Waals surface area (Å²) in [5, 5.41) is 4.17. The third kappa shape index (κ3) is 2.80. The number of halogens is 1. The third-order valence-corrected chi connectivity index (χ3v) is 5.04. The Morgan fingerprint density at radius 2 is 1.83 bits per heavy atom. The molecule has 0 spiro atoms. The van der Waals surface area contributed by atoms with Crippen molar-refractivity contribution in [2.24, 2.45) is 5.92 Å². The van der Waals surface area contributed by atoms with Crippen LogP contribution in [-0.2, 0) is 0 Å². The molecular weight excluding hydrogens is 320 g/mol. The molecule has 0 aliphatic carbocycles. The molecule has 1 radical (unpaired) electrons. The molecule has 24 heavy (non-hydrogen) atoms. The van der Waals surface area contributed by atoms with Gasteiger partial charge in [0.2, 0.25) is 0 Å². The van der Waals surface area contributed by atoms with Crippen molar-refractivity contribution in [3.05, 3.63) is 71.4 Å². The van der Waals surface area contributed by atoms with E-state index in [1.54, 1.807) is 12.1 Å². The molecule has 1 aromatic heterocycles. The van der Waals surface area contributed by atoms with Crippen molar-refractivity contribution in [2.75, 3.05) is 18.1 Å². The highest BCUT2D eigenvalue weighted by atomic mass is 35.5. The van der Waals surface area contributed by atoms with Crippen LogP contribution in [0.4, 0.5) is 0 Å². The summed E-state index contributed by atoms with van der Waals surface area (Å²) in [5.41, 5.74) is 1.95. The minimum absolute atomic E-state index is 0.0950. The molecule has 1 aliphatic rings. The van der Waals surface area contributed by atoms with Gasteiger partial charge in [-0.05, 0) is 61.4 Å². The number of aromatic nitrogens is 1. The molecular formula is C20H18ClN2O. The molecule has 121 valence electrons. The van der Waals surface area contributed by atoms with Gasteiger partial charge in [-0.25, -0.2) is 0 Å². The Bertz CT molecular complexity index is 861. The standard InChI is InChI=1S/C20H18ClN2O/c21-18-7-5-16(6-8-18)20(24)17-9-12-22(13-10-17)23-14-11-15-3-1-2-4-19(15)23/h2-8,11,14,17H,9-10,12-13H2. The maximum absolute atomic E-state index is 12.6. The van der Waals surface area contributed by atoms with Gasteiger partial charge in [0.15, 0.2) is 5.78 Å². The minimum Gasteiger partial charge on any atom is -0.313 e. The summed E-state index contributed by atoms with van der Waals surface area (Å²) in [7, 11) is 0. The number of hydrogen-bond acceptors (Lipinski definition) is 2. The van der Waals surface area contributed by atoms with E-state index in [4.69, 9.17) is 11.6 Å². The quantitative estimate of drug-likeness (QED) is 0.665. The molecule has 4 rings (SSSR count). The van der Waals surface area contributed by atoms with Crippen LogP contribution in [0.25, 0.3) is 10.9 Å². The topological polar surface area (TPSA) is 25.2 Å². The van der Waals surface area contributed by atoms with E-state index in [-0.39, 0.29) is 11.7 Å². The number of rotatable bonds is 3. The van der Waals surface area contributed by atoms with Gasteiger partial charge in [0.05, 0.1) is 5.52 Å². The zero-order valence-corrected chi connectivity index (χ0v) is 14.0. The molecule has 0 saturated carbocycles. The molecule has 0 N–H and O–H groups in total. The van der Waals surface area contributed by atoms with Crippen molar-refractivity contribution < 1.29 is 4.79 Å². The second kappa shape index (κ2) is 6.33. The van der Waals surface area contributed by atoms with Gasteiger partial charge in [0.25, 0.3) is 0 Å². The fourth-order valence-corrected chi connectivity index (χ4v) is 3.57. The largest absolute Gasteiger partial charge is 0.313 e. The minimum atomic E-state index is 0.0950. The number of carbonyl (C=O) groups is 1. The van der Waals surface area contributed by atoms with E-state index < -0.39 is 0 Å². The number of carbonyl (C=O) groups excluding carboxylic acids is 1. The summed E-state index contributed by atoms with van der Waals surface area (Å²) in [4.78, 5) is 12.6. The van der Waals surface area contributed by atoms with E-state index in [1.165, 1.54) is 10.9 Å². The van der Waals surface area contributed by atoms with Gasteiger partial charge < -0.3 is 5.01 Å². The molecule has 2 aromatic carbocycles. The van der Waals surface area contributed by atoms with Crippen molar-refractivity contribution >= 4 is 28.3 Å². The summed E-state index contributed by atoms with van der Waals surface area (Å²) in [6.45, 7) is 1.76. The maximum atomic E-state index is 12.6. The lowest BCUT2D eigenvalue weighted by atomic mass is 9.89. The van der Waals surface area contributed by atoms with E-state index in [1.807, 2.05) is 24.3 Å². The lowest BCUT2D eigenvalue weighted by Crippen LogP contribution is -2.42. The second-order valence-corrected chi connectivity index (χ2v) is 6.68. The van der Waals surface area contributed by atoms with Crippen molar-refractivity contribution in [3.8, 4) is 0 Å². The van der Waals surface area contributed by atoms with Gasteiger partial charge in [0, 0.05) is 41.2 Å². The fraction of sp³-hybridized carbons (Fsp3) is 0.250. The molecule has 1 aliphatic heterocycles. The van der Waals surface area contributed by atoms with Crippen LogP contribution in [0.15, 0.2) is 54.7 Å². The molecule has 0 amide bonds. The molecule has 0 atom stereocenters. The molecule has 2 heterocycles. The Morgan fingerprint density at radius 3 is 2.58 bits per heavy atom. The van der Waals surface area contributed by atoms with Gasteiger partial charge in [-0.15, -0.1) is 0 Å². The number of piperidine rings is 1. The van der Waals surface area contributed by atoms with Crippen LogP contribution in [0.2, 0.25) is 5.02 Å². The molecule has 1 saturated heterocycles. The van der Waals surface area contributed by atoms with E-state index >= 15 is 0 Å². The zero-order valence-electron chi connectivity index (χ0n) is 13.3. The van der Waals surface area contributed by atoms with Crippen molar-refractivity contribution in [1.29, 1.82) is 0 Å². The summed E-state index contributed by atoms with van der Waals surface area (Å²) >= 11 is 5.90. The monoisotopic (exact) mass is 337 g/mol. The van der Waals surface area contributed by atoms with Crippen LogP contribution in [0.5, 0.6) is 0 Å². The Balaban J connectivity index is 1.47. The summed E-state index contributed by atoms with van der Waals surface area (Å²) < 4.78 is 2.20. The van der Waals surface area contributed by atoms with Crippen LogP contribution in [0.3, 0.4) is 0 Å². The Morgan fingerprint density at radius 1 is 1.08 bits per heavy atom. The smallest absolute Gasteiger partial charge is 0.166 e. The number of ketones is 1. The highest BCUT2D eigenvalue weighted by molar-refractivity contribution is 6.30. The number of nitrogens with zero attached hydrogens (tertiary/aromatic N) is 2. The first-order valence-corrected chi connectivity index (χ1v) is 8.62. The third-order valence-electron chi connectivity index (χ3n) is 4.79. The predicted octanol–water partition coefficient (Wildman–Crippen LogP) is 4.33. The summed E-state index contributed by atoms with van der Waals surface area (Å²) in [6.07, 6.45) is 3.85. The van der Waals surface area contributed by atoms with Crippen LogP contribution < -0.4 is 5.01 Å². The van der Waals surface area contributed by atoms with Gasteiger partial charge in [0.1, 0.15) is 0 Å². The van der Waals surface area contributed by atoms with E-state index in [0.29, 0.717) is 5.02 Å². The predicted molar refractivity (Wildman–Crippen MR) is 97.2 cm³/mol. The van der Waals surface area contributed by atoms with E-state index in [2.05, 4.69) is 34.1 Å². The maximum Gasteiger partial charge on any atom is 0.166 e. The number of fused-ring (bicyclic) bond motifs is 1. The lowest BCUT2D eigenvalue weighted by Gasteiger charge is -2.34. The highest BCUT2D eigenvalue weighted by Gasteiger charge is 2.26. The number of hydrogen-bond donors (Lipinski definition) is 0. The highest BCUT2D eigenvalue weighted by Crippen LogP contribution is 2.24. The first kappa shape index (κ1) is 15.3. The first-order chi connectivity index (χ1) is 11.7. The van der Waals surface area contributed by atoms with Crippen molar-refractivity contribution in [3.63, 3.8) is 0 Å². The second-order valence-electron chi connectivity index (χ2n) is 6.24.